The Balaban J connectivity index is 1.59. The average Bonchev–Trinajstić information content (AvgIpc) is 3.09. The molecule has 0 atom stereocenters. The third kappa shape index (κ3) is 1.85. The van der Waals surface area contributed by atoms with Crippen LogP contribution >= 0.6 is 0 Å². The van der Waals surface area contributed by atoms with Crippen LogP contribution in [0.5, 0.6) is 5.75 Å². The fraction of sp³-hybridized carbons (Fsp3) is 0.500. The van der Waals surface area contributed by atoms with Gasteiger partial charge in [-0.25, -0.2) is 4.52 Å². The zero-order chi connectivity index (χ0) is 13.6. The molecule has 4 nitrogen and oxygen atoms in total. The summed E-state index contributed by atoms with van der Waals surface area (Å²) in [7, 11) is 0. The number of fused-ring (bicyclic) bond motifs is 1. The van der Waals surface area contributed by atoms with Crippen LogP contribution in [0.15, 0.2) is 24.5 Å². The molecule has 0 unspecified atom stereocenters. The zero-order valence-corrected chi connectivity index (χ0v) is 11.4. The number of aromatic nitrogens is 2. The van der Waals surface area contributed by atoms with Crippen molar-refractivity contribution in [3.05, 3.63) is 30.1 Å². The standard InChI is InChI=1S/C16H17N3O/c17-10-12-11-18-19-9-1-2-14(15(12)19)20-13-3-5-16(6-4-13)7-8-16/h1-2,9,11,13H,3-8H2. The first-order valence-corrected chi connectivity index (χ1v) is 7.33. The molecule has 2 aromatic heterocycles. The quantitative estimate of drug-likeness (QED) is 0.838. The van der Waals surface area contributed by atoms with E-state index < -0.39 is 0 Å². The van der Waals surface area contributed by atoms with Gasteiger partial charge in [0.15, 0.2) is 0 Å². The number of nitriles is 1. The number of hydrogen-bond donors (Lipinski definition) is 0. The summed E-state index contributed by atoms with van der Waals surface area (Å²) in [6.45, 7) is 0. The van der Waals surface area contributed by atoms with Gasteiger partial charge in [0, 0.05) is 6.20 Å². The van der Waals surface area contributed by atoms with Crippen LogP contribution in [0.1, 0.15) is 44.1 Å². The van der Waals surface area contributed by atoms with Crippen molar-refractivity contribution < 1.29 is 4.74 Å². The highest BCUT2D eigenvalue weighted by Gasteiger charge is 2.45. The Labute approximate surface area is 118 Å². The molecule has 2 heterocycles. The molecule has 1 spiro atoms. The minimum atomic E-state index is 0.286. The molecule has 20 heavy (non-hydrogen) atoms. The molecule has 2 aromatic rings. The van der Waals surface area contributed by atoms with Crippen molar-refractivity contribution in [2.75, 3.05) is 0 Å². The van der Waals surface area contributed by atoms with Gasteiger partial charge in [-0.2, -0.15) is 10.4 Å². The lowest BCUT2D eigenvalue weighted by Gasteiger charge is -2.29. The van der Waals surface area contributed by atoms with Gasteiger partial charge >= 0.3 is 0 Å². The van der Waals surface area contributed by atoms with Crippen molar-refractivity contribution in [3.63, 3.8) is 0 Å². The van der Waals surface area contributed by atoms with Crippen LogP contribution in [0.4, 0.5) is 0 Å². The highest BCUT2D eigenvalue weighted by Crippen LogP contribution is 2.56. The highest BCUT2D eigenvalue weighted by molar-refractivity contribution is 5.68. The number of ether oxygens (including phenoxy) is 1. The minimum Gasteiger partial charge on any atom is -0.488 e. The van der Waals surface area contributed by atoms with E-state index in [1.165, 1.54) is 25.7 Å². The van der Waals surface area contributed by atoms with Gasteiger partial charge in [-0.3, -0.25) is 0 Å². The Bertz CT molecular complexity index is 683. The lowest BCUT2D eigenvalue weighted by Crippen LogP contribution is -2.25. The van der Waals surface area contributed by atoms with Gasteiger partial charge in [-0.05, 0) is 56.1 Å². The Kier molecular flexibility index (Phi) is 2.50. The number of hydrogen-bond acceptors (Lipinski definition) is 3. The van der Waals surface area contributed by atoms with E-state index in [1.54, 1.807) is 10.7 Å². The summed E-state index contributed by atoms with van der Waals surface area (Å²) < 4.78 is 7.90. The molecule has 0 saturated heterocycles. The minimum absolute atomic E-state index is 0.286. The first-order valence-electron chi connectivity index (χ1n) is 7.33. The predicted molar refractivity (Wildman–Crippen MR) is 74.5 cm³/mol. The fourth-order valence-corrected chi connectivity index (χ4v) is 3.37. The van der Waals surface area contributed by atoms with Crippen molar-refractivity contribution in [2.45, 2.75) is 44.6 Å². The van der Waals surface area contributed by atoms with Gasteiger partial charge in [0.2, 0.25) is 0 Å². The molecule has 2 aliphatic carbocycles. The van der Waals surface area contributed by atoms with Crippen LogP contribution in [-0.2, 0) is 0 Å². The van der Waals surface area contributed by atoms with E-state index in [0.29, 0.717) is 11.0 Å². The third-order valence-electron chi connectivity index (χ3n) is 4.87. The van der Waals surface area contributed by atoms with Crippen molar-refractivity contribution >= 4 is 5.52 Å². The van der Waals surface area contributed by atoms with E-state index in [1.807, 2.05) is 18.3 Å². The molecule has 0 aromatic carbocycles. The second-order valence-electron chi connectivity index (χ2n) is 6.15. The fourth-order valence-electron chi connectivity index (χ4n) is 3.37. The van der Waals surface area contributed by atoms with Crippen LogP contribution in [0.25, 0.3) is 5.52 Å². The van der Waals surface area contributed by atoms with Gasteiger partial charge in [-0.1, -0.05) is 0 Å². The van der Waals surface area contributed by atoms with Gasteiger partial charge in [0.1, 0.15) is 22.9 Å². The maximum absolute atomic E-state index is 9.17. The van der Waals surface area contributed by atoms with Crippen molar-refractivity contribution in [2.24, 2.45) is 5.41 Å². The lowest BCUT2D eigenvalue weighted by molar-refractivity contribution is 0.125. The van der Waals surface area contributed by atoms with Gasteiger partial charge in [0.25, 0.3) is 0 Å². The van der Waals surface area contributed by atoms with Crippen LogP contribution < -0.4 is 4.74 Å². The molecule has 0 N–H and O–H groups in total. The second-order valence-corrected chi connectivity index (χ2v) is 6.15. The molecule has 0 radical (unpaired) electrons. The first-order chi connectivity index (χ1) is 9.80. The molecule has 4 rings (SSSR count). The van der Waals surface area contributed by atoms with E-state index in [-0.39, 0.29) is 6.10 Å². The van der Waals surface area contributed by atoms with Crippen molar-refractivity contribution in [1.29, 1.82) is 5.26 Å². The summed E-state index contributed by atoms with van der Waals surface area (Å²) >= 11 is 0. The topological polar surface area (TPSA) is 50.3 Å². The van der Waals surface area contributed by atoms with E-state index in [0.717, 1.165) is 24.1 Å². The average molecular weight is 267 g/mol. The Morgan fingerprint density at radius 3 is 2.80 bits per heavy atom. The number of pyridine rings is 1. The third-order valence-corrected chi connectivity index (χ3v) is 4.87. The molecule has 2 saturated carbocycles. The Hall–Kier alpha value is -2.02. The largest absolute Gasteiger partial charge is 0.488 e. The number of nitrogens with zero attached hydrogens (tertiary/aromatic N) is 3. The first kappa shape index (κ1) is 11.8. The van der Waals surface area contributed by atoms with Crippen molar-refractivity contribution in [1.82, 2.24) is 9.61 Å². The SMILES string of the molecule is N#Cc1cnn2cccc(OC3CCC4(CC3)CC4)c12. The van der Waals surface area contributed by atoms with E-state index in [9.17, 15) is 5.26 Å². The highest BCUT2D eigenvalue weighted by atomic mass is 16.5. The monoisotopic (exact) mass is 267 g/mol. The summed E-state index contributed by atoms with van der Waals surface area (Å²) in [5.41, 5.74) is 2.05. The molecule has 4 heteroatoms. The Morgan fingerprint density at radius 2 is 2.10 bits per heavy atom. The molecule has 0 bridgehead atoms. The summed E-state index contributed by atoms with van der Waals surface area (Å²) in [6, 6.07) is 6.05. The molecule has 2 fully saturated rings. The summed E-state index contributed by atoms with van der Waals surface area (Å²) in [5, 5.41) is 13.4. The molecular formula is C16H17N3O. The lowest BCUT2D eigenvalue weighted by atomic mass is 9.85. The van der Waals surface area contributed by atoms with Gasteiger partial charge < -0.3 is 4.74 Å². The molecule has 102 valence electrons. The Morgan fingerprint density at radius 1 is 1.30 bits per heavy atom. The van der Waals surface area contributed by atoms with Crippen LogP contribution in [0, 0.1) is 16.7 Å². The normalized spacial score (nSPS) is 20.9. The maximum atomic E-state index is 9.17. The van der Waals surface area contributed by atoms with Gasteiger partial charge in [-0.15, -0.1) is 0 Å². The van der Waals surface area contributed by atoms with E-state index >= 15 is 0 Å². The van der Waals surface area contributed by atoms with E-state index in [4.69, 9.17) is 4.74 Å². The number of rotatable bonds is 2. The molecule has 0 aliphatic heterocycles. The van der Waals surface area contributed by atoms with E-state index in [2.05, 4.69) is 11.2 Å². The smallest absolute Gasteiger partial charge is 0.146 e. The molecular weight excluding hydrogens is 250 g/mol. The summed E-state index contributed by atoms with van der Waals surface area (Å²) in [4.78, 5) is 0. The van der Waals surface area contributed by atoms with Crippen LogP contribution in [-0.4, -0.2) is 15.7 Å². The van der Waals surface area contributed by atoms with Gasteiger partial charge in [0.05, 0.1) is 12.3 Å². The summed E-state index contributed by atoms with van der Waals surface area (Å²) in [5.74, 6) is 0.790. The van der Waals surface area contributed by atoms with Crippen LogP contribution in [0.2, 0.25) is 0 Å². The molecule has 2 aliphatic rings. The second kappa shape index (κ2) is 4.24. The predicted octanol–water partition coefficient (Wildman–Crippen LogP) is 3.31. The van der Waals surface area contributed by atoms with Crippen LogP contribution in [0.3, 0.4) is 0 Å². The maximum Gasteiger partial charge on any atom is 0.146 e. The zero-order valence-electron chi connectivity index (χ0n) is 11.4. The summed E-state index contributed by atoms with van der Waals surface area (Å²) in [6.07, 6.45) is 11.4. The molecule has 0 amide bonds. The van der Waals surface area contributed by atoms with Crippen molar-refractivity contribution in [3.8, 4) is 11.8 Å².